The molecule has 0 atom stereocenters. The lowest BCUT2D eigenvalue weighted by molar-refractivity contribution is 0.270. The maximum absolute atomic E-state index is 5.20. The zero-order valence-electron chi connectivity index (χ0n) is 6.30. The van der Waals surface area contributed by atoms with Crippen LogP contribution in [0.5, 0.6) is 0 Å². The van der Waals surface area contributed by atoms with Gasteiger partial charge in [0.15, 0.2) is 5.09 Å². The zero-order valence-corrected chi connectivity index (χ0v) is 7.12. The van der Waals surface area contributed by atoms with Crippen molar-refractivity contribution in [2.24, 2.45) is 0 Å². The minimum absolute atomic E-state index is 0.566. The number of allylic oxidation sites excluding steroid dienone is 1. The molecule has 58 valence electrons. The van der Waals surface area contributed by atoms with E-state index in [1.165, 1.54) is 11.8 Å². The SMILES string of the molecule is C=CC1=C(C=C)SC(=C)OC1. The molecule has 1 aliphatic heterocycles. The Hall–Kier alpha value is -0.890. The maximum Gasteiger partial charge on any atom is 0.151 e. The van der Waals surface area contributed by atoms with E-state index in [0.717, 1.165) is 15.6 Å². The van der Waals surface area contributed by atoms with E-state index < -0.39 is 0 Å². The molecule has 1 rings (SSSR count). The topological polar surface area (TPSA) is 9.23 Å². The monoisotopic (exact) mass is 166 g/mol. The highest BCUT2D eigenvalue weighted by Crippen LogP contribution is 2.33. The fourth-order valence-electron chi connectivity index (χ4n) is 0.779. The molecule has 0 N–H and O–H groups in total. The van der Waals surface area contributed by atoms with Crippen molar-refractivity contribution in [2.45, 2.75) is 0 Å². The summed E-state index contributed by atoms with van der Waals surface area (Å²) in [5.41, 5.74) is 1.08. The first kappa shape index (κ1) is 8.21. The number of hydrogen-bond donors (Lipinski definition) is 0. The van der Waals surface area contributed by atoms with Crippen molar-refractivity contribution in [2.75, 3.05) is 6.61 Å². The predicted octanol–water partition coefficient (Wildman–Crippen LogP) is 2.85. The summed E-state index contributed by atoms with van der Waals surface area (Å²) < 4.78 is 5.20. The minimum Gasteiger partial charge on any atom is -0.483 e. The molecule has 0 aromatic rings. The van der Waals surface area contributed by atoms with Crippen LogP contribution in [0.1, 0.15) is 0 Å². The lowest BCUT2D eigenvalue weighted by atomic mass is 10.2. The average Bonchev–Trinajstić information content (AvgIpc) is 2.04. The zero-order chi connectivity index (χ0) is 8.27. The summed E-state index contributed by atoms with van der Waals surface area (Å²) in [4.78, 5) is 1.09. The molecule has 0 radical (unpaired) electrons. The van der Waals surface area contributed by atoms with Gasteiger partial charge in [0, 0.05) is 10.5 Å². The fourth-order valence-corrected chi connectivity index (χ4v) is 1.50. The molecule has 0 amide bonds. The van der Waals surface area contributed by atoms with E-state index in [1.807, 2.05) is 0 Å². The molecular weight excluding hydrogens is 156 g/mol. The molecular formula is C9H10OS. The van der Waals surface area contributed by atoms with Crippen molar-refractivity contribution in [1.29, 1.82) is 0 Å². The number of ether oxygens (including phenoxy) is 1. The molecule has 0 spiro atoms. The average molecular weight is 166 g/mol. The third-order valence-corrected chi connectivity index (χ3v) is 2.36. The van der Waals surface area contributed by atoms with Crippen molar-refractivity contribution in [1.82, 2.24) is 0 Å². The van der Waals surface area contributed by atoms with Gasteiger partial charge in [-0.05, 0) is 6.58 Å². The Morgan fingerprint density at radius 2 is 2.09 bits per heavy atom. The summed E-state index contributed by atoms with van der Waals surface area (Å²) in [5, 5.41) is 0.727. The highest BCUT2D eigenvalue weighted by atomic mass is 32.2. The Kier molecular flexibility index (Phi) is 2.60. The van der Waals surface area contributed by atoms with Gasteiger partial charge in [-0.3, -0.25) is 0 Å². The van der Waals surface area contributed by atoms with Crippen LogP contribution in [0, 0.1) is 0 Å². The molecule has 1 aliphatic rings. The standard InChI is InChI=1S/C9H10OS/c1-4-8-6-10-7(3)11-9(8)5-2/h4-5H,1-3,6H2. The van der Waals surface area contributed by atoms with E-state index in [2.05, 4.69) is 19.7 Å². The van der Waals surface area contributed by atoms with Gasteiger partial charge >= 0.3 is 0 Å². The van der Waals surface area contributed by atoms with Crippen LogP contribution >= 0.6 is 11.8 Å². The summed E-state index contributed by atoms with van der Waals surface area (Å²) in [6.45, 7) is 11.6. The van der Waals surface area contributed by atoms with Crippen molar-refractivity contribution in [3.63, 3.8) is 0 Å². The third-order valence-electron chi connectivity index (χ3n) is 1.36. The largest absolute Gasteiger partial charge is 0.483 e. The number of thioether (sulfide) groups is 1. The summed E-state index contributed by atoms with van der Waals surface area (Å²) in [5.74, 6) is 0. The van der Waals surface area contributed by atoms with Gasteiger partial charge in [-0.15, -0.1) is 0 Å². The van der Waals surface area contributed by atoms with Gasteiger partial charge in [0.1, 0.15) is 6.61 Å². The van der Waals surface area contributed by atoms with Gasteiger partial charge in [-0.1, -0.05) is 37.1 Å². The second kappa shape index (κ2) is 3.49. The Labute approximate surface area is 71.1 Å². The van der Waals surface area contributed by atoms with Gasteiger partial charge in [-0.25, -0.2) is 0 Å². The molecule has 2 heteroatoms. The molecule has 0 bridgehead atoms. The van der Waals surface area contributed by atoms with E-state index in [9.17, 15) is 0 Å². The van der Waals surface area contributed by atoms with E-state index in [1.54, 1.807) is 12.2 Å². The van der Waals surface area contributed by atoms with Crippen molar-refractivity contribution in [3.8, 4) is 0 Å². The second-order valence-electron chi connectivity index (χ2n) is 2.06. The van der Waals surface area contributed by atoms with Crippen LogP contribution in [0.4, 0.5) is 0 Å². The summed E-state index contributed by atoms with van der Waals surface area (Å²) >= 11 is 1.49. The summed E-state index contributed by atoms with van der Waals surface area (Å²) in [6.07, 6.45) is 3.59. The molecule has 11 heavy (non-hydrogen) atoms. The van der Waals surface area contributed by atoms with Crippen LogP contribution in [0.3, 0.4) is 0 Å². The maximum atomic E-state index is 5.20. The summed E-state index contributed by atoms with van der Waals surface area (Å²) in [6, 6.07) is 0. The summed E-state index contributed by atoms with van der Waals surface area (Å²) in [7, 11) is 0. The van der Waals surface area contributed by atoms with Gasteiger partial charge in [0.2, 0.25) is 0 Å². The van der Waals surface area contributed by atoms with Crippen LogP contribution in [-0.2, 0) is 4.74 Å². The second-order valence-corrected chi connectivity index (χ2v) is 3.16. The molecule has 0 aromatic heterocycles. The van der Waals surface area contributed by atoms with Crippen molar-refractivity contribution in [3.05, 3.63) is 47.5 Å². The van der Waals surface area contributed by atoms with Crippen LogP contribution < -0.4 is 0 Å². The Bertz CT molecular complexity index is 238. The normalized spacial score (nSPS) is 17.6. The van der Waals surface area contributed by atoms with Crippen LogP contribution in [-0.4, -0.2) is 6.61 Å². The highest BCUT2D eigenvalue weighted by Gasteiger charge is 2.11. The van der Waals surface area contributed by atoms with Crippen LogP contribution in [0.2, 0.25) is 0 Å². The van der Waals surface area contributed by atoms with Crippen LogP contribution in [0.25, 0.3) is 0 Å². The third kappa shape index (κ3) is 1.77. The van der Waals surface area contributed by atoms with Gasteiger partial charge in [-0.2, -0.15) is 0 Å². The molecule has 1 nitrogen and oxygen atoms in total. The quantitative estimate of drug-likeness (QED) is 0.623. The van der Waals surface area contributed by atoms with E-state index in [4.69, 9.17) is 4.74 Å². The first-order valence-electron chi connectivity index (χ1n) is 3.25. The predicted molar refractivity (Wildman–Crippen MR) is 50.1 cm³/mol. The highest BCUT2D eigenvalue weighted by molar-refractivity contribution is 8.06. The van der Waals surface area contributed by atoms with Crippen molar-refractivity contribution >= 4 is 11.8 Å². The van der Waals surface area contributed by atoms with Gasteiger partial charge in [0.25, 0.3) is 0 Å². The number of rotatable bonds is 2. The molecule has 0 aliphatic carbocycles. The Balaban J connectivity index is 2.91. The van der Waals surface area contributed by atoms with E-state index in [0.29, 0.717) is 6.61 Å². The van der Waals surface area contributed by atoms with Crippen LogP contribution in [0.15, 0.2) is 47.5 Å². The number of hydrogen-bond acceptors (Lipinski definition) is 2. The molecule has 0 fully saturated rings. The lowest BCUT2D eigenvalue weighted by Gasteiger charge is -2.17. The molecule has 1 heterocycles. The Morgan fingerprint density at radius 1 is 1.36 bits per heavy atom. The molecule has 0 unspecified atom stereocenters. The van der Waals surface area contributed by atoms with Crippen molar-refractivity contribution < 1.29 is 4.74 Å². The Morgan fingerprint density at radius 3 is 2.64 bits per heavy atom. The minimum atomic E-state index is 0.566. The molecule has 0 saturated carbocycles. The molecule has 0 aromatic carbocycles. The van der Waals surface area contributed by atoms with Gasteiger partial charge < -0.3 is 4.74 Å². The van der Waals surface area contributed by atoms with E-state index >= 15 is 0 Å². The van der Waals surface area contributed by atoms with Gasteiger partial charge in [0.05, 0.1) is 0 Å². The van der Waals surface area contributed by atoms with E-state index in [-0.39, 0.29) is 0 Å². The smallest absolute Gasteiger partial charge is 0.151 e. The first-order chi connectivity index (χ1) is 5.27. The lowest BCUT2D eigenvalue weighted by Crippen LogP contribution is -2.01. The molecule has 0 saturated heterocycles. The first-order valence-corrected chi connectivity index (χ1v) is 4.07. The fraction of sp³-hybridized carbons (Fsp3) is 0.111.